The van der Waals surface area contributed by atoms with E-state index in [0.29, 0.717) is 22.2 Å². The van der Waals surface area contributed by atoms with Gasteiger partial charge in [-0.05, 0) is 24.6 Å². The van der Waals surface area contributed by atoms with Crippen molar-refractivity contribution in [3.8, 4) is 28.2 Å². The minimum atomic E-state index is -0.530. The number of halogens is 1. The van der Waals surface area contributed by atoms with Crippen molar-refractivity contribution in [2.45, 2.75) is 6.92 Å². The maximum absolute atomic E-state index is 12.3. The van der Waals surface area contributed by atoms with E-state index in [1.54, 1.807) is 17.6 Å². The summed E-state index contributed by atoms with van der Waals surface area (Å²) in [5.41, 5.74) is 10.5. The van der Waals surface area contributed by atoms with E-state index in [0.717, 1.165) is 16.7 Å². The minimum Gasteiger partial charge on any atom is -0.462 e. The van der Waals surface area contributed by atoms with Gasteiger partial charge >= 0.3 is 5.97 Å². The largest absolute Gasteiger partial charge is 0.462 e. The second-order valence-electron chi connectivity index (χ2n) is 7.24. The number of carbonyl (C=O) groups is 1. The molecule has 0 amide bonds. The Hall–Kier alpha value is -4.17. The second-order valence-corrected chi connectivity index (χ2v) is 7.68. The first-order valence-electron chi connectivity index (χ1n) is 10.3. The molecule has 0 aliphatic heterocycles. The number of nitrogen functional groups attached to an aromatic ring is 1. The van der Waals surface area contributed by atoms with E-state index >= 15 is 0 Å². The molecule has 0 saturated heterocycles. The van der Waals surface area contributed by atoms with Gasteiger partial charge in [-0.3, -0.25) is 0 Å². The van der Waals surface area contributed by atoms with Gasteiger partial charge in [0.2, 0.25) is 0 Å². The van der Waals surface area contributed by atoms with Crippen LogP contribution in [-0.2, 0) is 4.74 Å². The Morgan fingerprint density at radius 1 is 1.03 bits per heavy atom. The van der Waals surface area contributed by atoms with Gasteiger partial charge in [-0.2, -0.15) is 19.4 Å². The van der Waals surface area contributed by atoms with Gasteiger partial charge in [0.25, 0.3) is 0 Å². The Morgan fingerprint density at radius 3 is 2.52 bits per heavy atom. The van der Waals surface area contributed by atoms with Crippen LogP contribution in [0.3, 0.4) is 0 Å². The van der Waals surface area contributed by atoms with Crippen LogP contribution in [0.4, 0.5) is 5.82 Å². The fourth-order valence-electron chi connectivity index (χ4n) is 3.59. The number of ether oxygens (including phenoxy) is 1. The zero-order chi connectivity index (χ0) is 22.9. The third-order valence-electron chi connectivity index (χ3n) is 5.20. The maximum Gasteiger partial charge on any atom is 0.343 e. The topological polar surface area (TPSA) is 100 Å². The van der Waals surface area contributed by atoms with Crippen LogP contribution in [-0.4, -0.2) is 37.0 Å². The summed E-state index contributed by atoms with van der Waals surface area (Å²) >= 11 is 6.07. The molecule has 0 saturated carbocycles. The van der Waals surface area contributed by atoms with Crippen molar-refractivity contribution in [2.24, 2.45) is 0 Å². The number of anilines is 1. The van der Waals surface area contributed by atoms with Gasteiger partial charge in [0.05, 0.1) is 24.7 Å². The first-order valence-corrected chi connectivity index (χ1v) is 10.7. The number of hydrogen-bond acceptors (Lipinski definition) is 6. The van der Waals surface area contributed by atoms with E-state index in [-0.39, 0.29) is 18.0 Å². The zero-order valence-electron chi connectivity index (χ0n) is 17.6. The highest BCUT2D eigenvalue weighted by Gasteiger charge is 2.21. The number of aromatic nitrogens is 5. The molecule has 5 aromatic rings. The standard InChI is InChI=1S/C24H19ClN6O2/c1-2-33-24(32)19-14-27-30(22(19)26)21-12-20(16-6-4-3-5-7-16)29-23-18(13-28-31(21)23)15-8-10-17(25)11-9-15/h3-14H,2,26H2,1H3. The van der Waals surface area contributed by atoms with Crippen molar-refractivity contribution in [1.82, 2.24) is 24.4 Å². The molecule has 0 aliphatic rings. The molecule has 2 aromatic carbocycles. The predicted octanol–water partition coefficient (Wildman–Crippen LogP) is 4.66. The Kier molecular flexibility index (Phi) is 5.27. The predicted molar refractivity (Wildman–Crippen MR) is 126 cm³/mol. The van der Waals surface area contributed by atoms with Crippen LogP contribution < -0.4 is 5.73 Å². The van der Waals surface area contributed by atoms with Gasteiger partial charge in [-0.1, -0.05) is 54.1 Å². The van der Waals surface area contributed by atoms with Gasteiger partial charge in [0.1, 0.15) is 11.4 Å². The van der Waals surface area contributed by atoms with E-state index in [9.17, 15) is 4.79 Å². The lowest BCUT2D eigenvalue weighted by Crippen LogP contribution is -2.12. The molecule has 3 heterocycles. The Bertz CT molecular complexity index is 1460. The molecule has 0 spiro atoms. The van der Waals surface area contributed by atoms with Crippen LogP contribution in [0.15, 0.2) is 73.1 Å². The summed E-state index contributed by atoms with van der Waals surface area (Å²) in [6, 6.07) is 19.1. The van der Waals surface area contributed by atoms with Crippen molar-refractivity contribution in [2.75, 3.05) is 12.3 Å². The molecular weight excluding hydrogens is 440 g/mol. The second kappa shape index (κ2) is 8.40. The molecule has 0 radical (unpaired) electrons. The minimum absolute atomic E-state index is 0.156. The third-order valence-corrected chi connectivity index (χ3v) is 5.45. The maximum atomic E-state index is 12.3. The summed E-state index contributed by atoms with van der Waals surface area (Å²) < 4.78 is 8.20. The highest BCUT2D eigenvalue weighted by Crippen LogP contribution is 2.30. The van der Waals surface area contributed by atoms with Gasteiger partial charge in [0, 0.05) is 22.2 Å². The molecule has 164 valence electrons. The van der Waals surface area contributed by atoms with Crippen molar-refractivity contribution >= 4 is 29.0 Å². The lowest BCUT2D eigenvalue weighted by molar-refractivity contribution is 0.0527. The normalized spacial score (nSPS) is 11.1. The summed E-state index contributed by atoms with van der Waals surface area (Å²) in [5.74, 6) is 0.160. The molecule has 9 heteroatoms. The van der Waals surface area contributed by atoms with Gasteiger partial charge in [-0.15, -0.1) is 0 Å². The summed E-state index contributed by atoms with van der Waals surface area (Å²) in [6.45, 7) is 1.98. The van der Waals surface area contributed by atoms with E-state index in [4.69, 9.17) is 27.1 Å². The summed E-state index contributed by atoms with van der Waals surface area (Å²) in [5, 5.41) is 9.54. The number of rotatable bonds is 5. The quantitative estimate of drug-likeness (QED) is 0.384. The van der Waals surface area contributed by atoms with E-state index in [1.165, 1.54) is 10.9 Å². The number of benzene rings is 2. The number of nitrogens with zero attached hydrogens (tertiary/aromatic N) is 5. The Labute approximate surface area is 194 Å². The van der Waals surface area contributed by atoms with Gasteiger partial charge in [-0.25, -0.2) is 9.78 Å². The molecule has 0 fully saturated rings. The lowest BCUT2D eigenvalue weighted by atomic mass is 10.1. The zero-order valence-corrected chi connectivity index (χ0v) is 18.4. The van der Waals surface area contributed by atoms with Crippen LogP contribution in [0.2, 0.25) is 5.02 Å². The van der Waals surface area contributed by atoms with Crippen molar-refractivity contribution < 1.29 is 9.53 Å². The number of nitrogens with two attached hydrogens (primary N) is 1. The van der Waals surface area contributed by atoms with Crippen molar-refractivity contribution in [3.05, 3.63) is 83.6 Å². The van der Waals surface area contributed by atoms with Gasteiger partial charge in [0.15, 0.2) is 11.5 Å². The highest BCUT2D eigenvalue weighted by atomic mass is 35.5. The molecule has 2 N–H and O–H groups in total. The van der Waals surface area contributed by atoms with Crippen LogP contribution in [0.25, 0.3) is 33.8 Å². The average Bonchev–Trinajstić information content (AvgIpc) is 3.43. The average molecular weight is 459 g/mol. The Morgan fingerprint density at radius 2 is 1.79 bits per heavy atom. The van der Waals surface area contributed by atoms with Crippen LogP contribution in [0.1, 0.15) is 17.3 Å². The molecule has 8 nitrogen and oxygen atoms in total. The number of carbonyl (C=O) groups excluding carboxylic acids is 1. The molecule has 0 aliphatic carbocycles. The fraction of sp³-hybridized carbons (Fsp3) is 0.0833. The Balaban J connectivity index is 1.75. The van der Waals surface area contributed by atoms with E-state index < -0.39 is 5.97 Å². The first kappa shape index (κ1) is 20.7. The van der Waals surface area contributed by atoms with E-state index in [2.05, 4.69) is 10.2 Å². The number of esters is 1. The molecule has 33 heavy (non-hydrogen) atoms. The van der Waals surface area contributed by atoms with Crippen molar-refractivity contribution in [3.63, 3.8) is 0 Å². The van der Waals surface area contributed by atoms with Crippen LogP contribution in [0, 0.1) is 0 Å². The highest BCUT2D eigenvalue weighted by molar-refractivity contribution is 6.30. The van der Waals surface area contributed by atoms with E-state index in [1.807, 2.05) is 60.7 Å². The smallest absolute Gasteiger partial charge is 0.343 e. The fourth-order valence-corrected chi connectivity index (χ4v) is 3.72. The van der Waals surface area contributed by atoms with Gasteiger partial charge < -0.3 is 10.5 Å². The van der Waals surface area contributed by atoms with Crippen molar-refractivity contribution in [1.29, 1.82) is 0 Å². The molecule has 0 unspecified atom stereocenters. The molecule has 3 aromatic heterocycles. The SMILES string of the molecule is CCOC(=O)c1cnn(-c2cc(-c3ccccc3)nc3c(-c4ccc(Cl)cc4)cnn23)c1N. The molecule has 5 rings (SSSR count). The first-order chi connectivity index (χ1) is 16.1. The molecule has 0 atom stereocenters. The molecule has 0 bridgehead atoms. The third kappa shape index (κ3) is 3.70. The summed E-state index contributed by atoms with van der Waals surface area (Å²) in [4.78, 5) is 17.2. The summed E-state index contributed by atoms with van der Waals surface area (Å²) in [6.07, 6.45) is 3.13. The molecular formula is C24H19ClN6O2. The number of hydrogen-bond donors (Lipinski definition) is 1. The number of fused-ring (bicyclic) bond motifs is 1. The van der Waals surface area contributed by atoms with Crippen LogP contribution in [0.5, 0.6) is 0 Å². The van der Waals surface area contributed by atoms with Crippen LogP contribution >= 0.6 is 11.6 Å². The monoisotopic (exact) mass is 458 g/mol. The summed E-state index contributed by atoms with van der Waals surface area (Å²) in [7, 11) is 0. The lowest BCUT2D eigenvalue weighted by Gasteiger charge is -2.11.